The highest BCUT2D eigenvalue weighted by molar-refractivity contribution is 6.00. The Bertz CT molecular complexity index is 1150. The fourth-order valence-electron chi connectivity index (χ4n) is 5.67. The lowest BCUT2D eigenvalue weighted by Crippen LogP contribution is -2.62. The van der Waals surface area contributed by atoms with Crippen LogP contribution in [0.1, 0.15) is 85.6 Å². The Balaban J connectivity index is 1.60. The number of hydrogen-bond donors (Lipinski definition) is 4. The Morgan fingerprint density at radius 3 is 2.62 bits per heavy atom. The molecular weight excluding hydrogens is 468 g/mol. The van der Waals surface area contributed by atoms with E-state index in [9.17, 15) is 14.7 Å². The third-order valence-electron chi connectivity index (χ3n) is 7.99. The molecule has 8 heteroatoms. The molecule has 1 heterocycles. The maximum absolute atomic E-state index is 13.4. The van der Waals surface area contributed by atoms with Gasteiger partial charge in [0.2, 0.25) is 5.91 Å². The zero-order valence-corrected chi connectivity index (χ0v) is 22.1. The molecule has 1 saturated heterocycles. The zero-order chi connectivity index (χ0) is 26.8. The number of fused-ring (bicyclic) bond motifs is 1. The van der Waals surface area contributed by atoms with E-state index >= 15 is 0 Å². The summed E-state index contributed by atoms with van der Waals surface area (Å²) in [5, 5.41) is 26.0. The van der Waals surface area contributed by atoms with Crippen molar-refractivity contribution >= 4 is 17.8 Å². The fourth-order valence-corrected chi connectivity index (χ4v) is 5.67. The molecule has 0 radical (unpaired) electrons. The average molecular weight is 507 g/mol. The van der Waals surface area contributed by atoms with E-state index < -0.39 is 23.2 Å². The van der Waals surface area contributed by atoms with Gasteiger partial charge in [0.25, 0.3) is 5.91 Å². The number of methoxy groups -OCH3 is 1. The van der Waals surface area contributed by atoms with Gasteiger partial charge in [-0.25, -0.2) is 0 Å². The summed E-state index contributed by atoms with van der Waals surface area (Å²) < 4.78 is 5.33. The predicted molar refractivity (Wildman–Crippen MR) is 142 cm³/mol. The minimum atomic E-state index is -1.09. The van der Waals surface area contributed by atoms with Crippen LogP contribution in [0.25, 0.3) is 0 Å². The molecule has 1 aliphatic heterocycles. The van der Waals surface area contributed by atoms with Gasteiger partial charge in [-0.15, -0.1) is 0 Å². The summed E-state index contributed by atoms with van der Waals surface area (Å²) >= 11 is 0. The molecule has 4 rings (SSSR count). The molecule has 3 unspecified atom stereocenters. The Kier molecular flexibility index (Phi) is 7.71. The van der Waals surface area contributed by atoms with Gasteiger partial charge in [0.15, 0.2) is 5.96 Å². The number of aliphatic hydroxyl groups is 1. The fraction of sp³-hybridized carbons (Fsp3) is 0.483. The normalized spacial score (nSPS) is 23.4. The lowest BCUT2D eigenvalue weighted by molar-refractivity contribution is -0.133. The monoisotopic (exact) mass is 506 g/mol. The molecule has 8 nitrogen and oxygen atoms in total. The highest BCUT2D eigenvalue weighted by Crippen LogP contribution is 2.39. The van der Waals surface area contributed by atoms with Crippen molar-refractivity contribution in [2.24, 2.45) is 0 Å². The number of ether oxygens (including phenoxy) is 1. The van der Waals surface area contributed by atoms with Crippen molar-refractivity contribution in [3.8, 4) is 0 Å². The Hall–Kier alpha value is -3.23. The van der Waals surface area contributed by atoms with E-state index in [0.717, 1.165) is 29.5 Å². The first-order chi connectivity index (χ1) is 17.6. The van der Waals surface area contributed by atoms with Crippen molar-refractivity contribution in [3.05, 3.63) is 70.8 Å². The van der Waals surface area contributed by atoms with Gasteiger partial charge in [0.1, 0.15) is 0 Å². The SMILES string of the molecule is CCC1(CC)CC(=O)N(C(CCOC)c2cccc(C(=O)NC3c4ccccc4CC3(C)O)c2)C(=N)N1. The largest absolute Gasteiger partial charge is 0.387 e. The van der Waals surface area contributed by atoms with Gasteiger partial charge in [-0.3, -0.25) is 19.9 Å². The second-order valence-electron chi connectivity index (χ2n) is 10.5. The number of rotatable bonds is 9. The minimum Gasteiger partial charge on any atom is -0.387 e. The van der Waals surface area contributed by atoms with E-state index in [1.807, 2.05) is 44.2 Å². The maximum Gasteiger partial charge on any atom is 0.251 e. The highest BCUT2D eigenvalue weighted by Gasteiger charge is 2.43. The predicted octanol–water partition coefficient (Wildman–Crippen LogP) is 3.86. The van der Waals surface area contributed by atoms with Gasteiger partial charge in [-0.2, -0.15) is 0 Å². The molecule has 0 spiro atoms. The number of amides is 2. The summed E-state index contributed by atoms with van der Waals surface area (Å²) in [6.07, 6.45) is 2.75. The van der Waals surface area contributed by atoms with Crippen molar-refractivity contribution in [1.29, 1.82) is 5.41 Å². The summed E-state index contributed by atoms with van der Waals surface area (Å²) in [7, 11) is 1.60. The van der Waals surface area contributed by atoms with Crippen molar-refractivity contribution < 1.29 is 19.4 Å². The molecule has 37 heavy (non-hydrogen) atoms. The molecule has 2 aromatic rings. The molecule has 0 bridgehead atoms. The first-order valence-electron chi connectivity index (χ1n) is 13.0. The maximum atomic E-state index is 13.4. The van der Waals surface area contributed by atoms with Gasteiger partial charge >= 0.3 is 0 Å². The minimum absolute atomic E-state index is 0.0783. The van der Waals surface area contributed by atoms with Crippen molar-refractivity contribution in [2.75, 3.05) is 13.7 Å². The second-order valence-corrected chi connectivity index (χ2v) is 10.5. The number of nitrogens with one attached hydrogen (secondary N) is 3. The van der Waals surface area contributed by atoms with Crippen LogP contribution in [0.3, 0.4) is 0 Å². The quantitative estimate of drug-likeness (QED) is 0.412. The van der Waals surface area contributed by atoms with E-state index in [1.54, 1.807) is 32.2 Å². The molecule has 4 N–H and O–H groups in total. The first-order valence-corrected chi connectivity index (χ1v) is 13.0. The summed E-state index contributed by atoms with van der Waals surface area (Å²) in [5.74, 6) is -0.333. The Morgan fingerprint density at radius 1 is 1.22 bits per heavy atom. The van der Waals surface area contributed by atoms with Gasteiger partial charge in [-0.1, -0.05) is 50.2 Å². The summed E-state index contributed by atoms with van der Waals surface area (Å²) in [6.45, 7) is 6.18. The molecule has 198 valence electrons. The molecule has 2 aliphatic rings. The lowest BCUT2D eigenvalue weighted by atomic mass is 9.86. The van der Waals surface area contributed by atoms with Crippen LogP contribution in [-0.4, -0.2) is 52.6 Å². The van der Waals surface area contributed by atoms with Crippen molar-refractivity contribution in [1.82, 2.24) is 15.5 Å². The van der Waals surface area contributed by atoms with E-state index in [-0.39, 0.29) is 17.8 Å². The lowest BCUT2D eigenvalue weighted by Gasteiger charge is -2.45. The number of carbonyl (C=O) groups excluding carboxylic acids is 2. The average Bonchev–Trinajstić information content (AvgIpc) is 3.14. The molecule has 2 aromatic carbocycles. The molecule has 1 aliphatic carbocycles. The standard InChI is InChI=1S/C29H38N4O4/c1-5-29(6-2)18-24(34)33(27(30)32-29)23(14-15-37-4)19-11-9-12-20(16-19)26(35)31-25-22-13-8-7-10-21(22)17-28(25,3)36/h7-13,16,23,25,36H,5-6,14-15,17-18H2,1-4H3,(H2,30,32)(H,31,35). The van der Waals surface area contributed by atoms with E-state index in [1.165, 1.54) is 4.90 Å². The van der Waals surface area contributed by atoms with Crippen LogP contribution in [-0.2, 0) is 16.0 Å². The van der Waals surface area contributed by atoms with Gasteiger partial charge in [-0.05, 0) is 55.0 Å². The molecule has 0 aromatic heterocycles. The molecule has 2 amide bonds. The topological polar surface area (TPSA) is 115 Å². The van der Waals surface area contributed by atoms with Gasteiger partial charge < -0.3 is 20.5 Å². The molecule has 3 atom stereocenters. The Morgan fingerprint density at radius 2 is 1.95 bits per heavy atom. The van der Waals surface area contributed by atoms with Crippen LogP contribution in [0, 0.1) is 5.41 Å². The van der Waals surface area contributed by atoms with E-state index in [0.29, 0.717) is 31.4 Å². The number of nitrogens with zero attached hydrogens (tertiary/aromatic N) is 1. The van der Waals surface area contributed by atoms with Crippen LogP contribution in [0.4, 0.5) is 0 Å². The molecule has 0 saturated carbocycles. The third kappa shape index (κ3) is 5.26. The molecular formula is C29H38N4O4. The van der Waals surface area contributed by atoms with Gasteiger partial charge in [0, 0.05) is 31.2 Å². The summed E-state index contributed by atoms with van der Waals surface area (Å²) in [6, 6.07) is 13.9. The third-order valence-corrected chi connectivity index (χ3v) is 7.99. The van der Waals surface area contributed by atoms with Gasteiger partial charge in [0.05, 0.1) is 24.1 Å². The van der Waals surface area contributed by atoms with E-state index in [2.05, 4.69) is 10.6 Å². The van der Waals surface area contributed by atoms with Crippen LogP contribution in [0.2, 0.25) is 0 Å². The molecule has 1 fully saturated rings. The van der Waals surface area contributed by atoms with Crippen LogP contribution >= 0.6 is 0 Å². The van der Waals surface area contributed by atoms with Crippen molar-refractivity contribution in [3.63, 3.8) is 0 Å². The number of guanidine groups is 1. The smallest absolute Gasteiger partial charge is 0.251 e. The summed E-state index contributed by atoms with van der Waals surface area (Å²) in [4.78, 5) is 28.2. The van der Waals surface area contributed by atoms with Crippen LogP contribution < -0.4 is 10.6 Å². The van der Waals surface area contributed by atoms with E-state index in [4.69, 9.17) is 10.1 Å². The second kappa shape index (κ2) is 10.6. The first kappa shape index (κ1) is 26.8. The Labute approximate surface area is 218 Å². The number of carbonyl (C=O) groups is 2. The van der Waals surface area contributed by atoms with Crippen LogP contribution in [0.5, 0.6) is 0 Å². The van der Waals surface area contributed by atoms with Crippen molar-refractivity contribution in [2.45, 2.75) is 76.1 Å². The van der Waals surface area contributed by atoms with Crippen LogP contribution in [0.15, 0.2) is 48.5 Å². The number of hydrogen-bond acceptors (Lipinski definition) is 5. The zero-order valence-electron chi connectivity index (χ0n) is 22.1. The summed E-state index contributed by atoms with van der Waals surface area (Å²) in [5.41, 5.74) is 1.63. The number of benzene rings is 2. The highest BCUT2D eigenvalue weighted by atomic mass is 16.5.